The van der Waals surface area contributed by atoms with Gasteiger partial charge in [0.25, 0.3) is 0 Å². The zero-order chi connectivity index (χ0) is 23.9. The van der Waals surface area contributed by atoms with Gasteiger partial charge in [-0.15, -0.1) is 0 Å². The average molecular weight is 459 g/mol. The lowest BCUT2D eigenvalue weighted by molar-refractivity contribution is -0.159. The summed E-state index contributed by atoms with van der Waals surface area (Å²) in [6.45, 7) is 9.06. The smallest absolute Gasteiger partial charge is 0.331 e. The van der Waals surface area contributed by atoms with Gasteiger partial charge in [0.1, 0.15) is 24.3 Å². The van der Waals surface area contributed by atoms with E-state index in [1.807, 2.05) is 27.7 Å². The Morgan fingerprint density at radius 3 is 1.88 bits per heavy atom. The van der Waals surface area contributed by atoms with Crippen molar-refractivity contribution < 1.29 is 38.1 Å². The second-order valence-electron chi connectivity index (χ2n) is 9.66. The van der Waals surface area contributed by atoms with E-state index in [9.17, 15) is 14.4 Å². The highest BCUT2D eigenvalue weighted by Crippen LogP contribution is 2.36. The number of nitrogens with one attached hydrogen (secondary N) is 2. The molecule has 0 saturated heterocycles. The molecule has 0 aliphatic heterocycles. The van der Waals surface area contributed by atoms with E-state index in [1.165, 1.54) is 0 Å². The van der Waals surface area contributed by atoms with Gasteiger partial charge < -0.3 is 34.3 Å². The molecule has 2 aliphatic rings. The number of amides is 1. The molecular formula is C22H38N2O8. The van der Waals surface area contributed by atoms with Gasteiger partial charge in [-0.2, -0.15) is 0 Å². The van der Waals surface area contributed by atoms with Crippen LogP contribution in [0.2, 0.25) is 0 Å². The van der Waals surface area contributed by atoms with Crippen molar-refractivity contribution in [1.82, 2.24) is 10.6 Å². The van der Waals surface area contributed by atoms with E-state index in [2.05, 4.69) is 10.6 Å². The molecule has 0 aromatic rings. The predicted molar refractivity (Wildman–Crippen MR) is 115 cm³/mol. The molecule has 0 aromatic carbocycles. The van der Waals surface area contributed by atoms with E-state index in [1.54, 1.807) is 7.05 Å². The van der Waals surface area contributed by atoms with Gasteiger partial charge in [-0.05, 0) is 60.4 Å². The SMILES string of the molecule is CNC1(C(=O)OCCOC(C)(C)COC(C)(C)COCCOC(=O)C2(NC=O)CC2)CC1. The molecule has 0 unspecified atom stereocenters. The van der Waals surface area contributed by atoms with Gasteiger partial charge in [0.2, 0.25) is 6.41 Å². The summed E-state index contributed by atoms with van der Waals surface area (Å²) in [6, 6.07) is 0. The Labute approximate surface area is 190 Å². The number of esters is 2. The largest absolute Gasteiger partial charge is 0.462 e. The Balaban J connectivity index is 1.55. The van der Waals surface area contributed by atoms with E-state index in [-0.39, 0.29) is 32.4 Å². The third-order valence-electron chi connectivity index (χ3n) is 5.63. The van der Waals surface area contributed by atoms with E-state index >= 15 is 0 Å². The van der Waals surface area contributed by atoms with Crippen molar-refractivity contribution in [3.05, 3.63) is 0 Å². The number of carbonyl (C=O) groups is 3. The molecule has 10 nitrogen and oxygen atoms in total. The lowest BCUT2D eigenvalue weighted by atomic mass is 10.1. The zero-order valence-corrected chi connectivity index (χ0v) is 19.9. The van der Waals surface area contributed by atoms with Crippen molar-refractivity contribution >= 4 is 18.3 Å². The normalized spacial score (nSPS) is 18.5. The minimum Gasteiger partial charge on any atom is -0.462 e. The highest BCUT2D eigenvalue weighted by Gasteiger charge is 2.51. The number of likely N-dealkylation sites (N-methyl/N-ethyl adjacent to an activating group) is 1. The van der Waals surface area contributed by atoms with Gasteiger partial charge in [0.05, 0.1) is 37.6 Å². The summed E-state index contributed by atoms with van der Waals surface area (Å²) in [5, 5.41) is 5.51. The summed E-state index contributed by atoms with van der Waals surface area (Å²) in [4.78, 5) is 34.5. The van der Waals surface area contributed by atoms with E-state index < -0.39 is 28.2 Å². The Morgan fingerprint density at radius 1 is 0.812 bits per heavy atom. The fourth-order valence-corrected chi connectivity index (χ4v) is 3.02. The minimum atomic E-state index is -0.833. The first-order valence-electron chi connectivity index (χ1n) is 11.1. The van der Waals surface area contributed by atoms with Crippen molar-refractivity contribution in [3.8, 4) is 0 Å². The first-order chi connectivity index (χ1) is 15.0. The first-order valence-corrected chi connectivity index (χ1v) is 11.1. The molecule has 2 N–H and O–H groups in total. The molecule has 10 heteroatoms. The van der Waals surface area contributed by atoms with E-state index in [0.717, 1.165) is 12.8 Å². The van der Waals surface area contributed by atoms with Crippen LogP contribution in [0, 0.1) is 0 Å². The maximum absolute atomic E-state index is 12.0. The van der Waals surface area contributed by atoms with Crippen molar-refractivity contribution in [2.24, 2.45) is 0 Å². The van der Waals surface area contributed by atoms with Crippen LogP contribution in [-0.4, -0.2) is 87.3 Å². The number of ether oxygens (including phenoxy) is 5. The van der Waals surface area contributed by atoms with Gasteiger partial charge in [-0.25, -0.2) is 4.79 Å². The van der Waals surface area contributed by atoms with Crippen molar-refractivity contribution in [2.75, 3.05) is 46.7 Å². The summed E-state index contributed by atoms with van der Waals surface area (Å²) >= 11 is 0. The molecular weight excluding hydrogens is 420 g/mol. The van der Waals surface area contributed by atoms with Crippen molar-refractivity contribution in [1.29, 1.82) is 0 Å². The third-order valence-corrected chi connectivity index (χ3v) is 5.63. The third kappa shape index (κ3) is 7.99. The topological polar surface area (TPSA) is 121 Å². The number of carbonyl (C=O) groups excluding carboxylic acids is 3. The van der Waals surface area contributed by atoms with Gasteiger partial charge >= 0.3 is 11.9 Å². The van der Waals surface area contributed by atoms with Crippen LogP contribution >= 0.6 is 0 Å². The number of hydrogen-bond donors (Lipinski definition) is 2. The van der Waals surface area contributed by atoms with E-state index in [0.29, 0.717) is 32.5 Å². The monoisotopic (exact) mass is 458 g/mol. The average Bonchev–Trinajstić information content (AvgIpc) is 3.65. The number of hydrogen-bond acceptors (Lipinski definition) is 9. The fraction of sp³-hybridized carbons (Fsp3) is 0.864. The highest BCUT2D eigenvalue weighted by atomic mass is 16.6. The van der Waals surface area contributed by atoms with Crippen molar-refractivity contribution in [2.45, 2.75) is 75.7 Å². The van der Waals surface area contributed by atoms with Crippen LogP contribution in [0.4, 0.5) is 0 Å². The van der Waals surface area contributed by atoms with Gasteiger partial charge in [-0.3, -0.25) is 9.59 Å². The second-order valence-corrected chi connectivity index (χ2v) is 9.66. The summed E-state index contributed by atoms with van der Waals surface area (Å²) in [5.74, 6) is -0.652. The van der Waals surface area contributed by atoms with Crippen LogP contribution in [0.5, 0.6) is 0 Å². The molecule has 184 valence electrons. The number of rotatable bonds is 17. The Bertz CT molecular complexity index is 656. The molecule has 1 amide bonds. The molecule has 32 heavy (non-hydrogen) atoms. The molecule has 0 radical (unpaired) electrons. The molecule has 0 heterocycles. The second kappa shape index (κ2) is 10.9. The van der Waals surface area contributed by atoms with Crippen LogP contribution in [0.15, 0.2) is 0 Å². The molecule has 0 spiro atoms. The Kier molecular flexibility index (Phi) is 9.04. The highest BCUT2D eigenvalue weighted by molar-refractivity contribution is 5.86. The van der Waals surface area contributed by atoms with Gasteiger partial charge in [0, 0.05) is 0 Å². The predicted octanol–water partition coefficient (Wildman–Crippen LogP) is 0.710. The maximum Gasteiger partial charge on any atom is 0.331 e. The van der Waals surface area contributed by atoms with E-state index in [4.69, 9.17) is 23.7 Å². The maximum atomic E-state index is 12.0. The molecule has 2 saturated carbocycles. The van der Waals surface area contributed by atoms with Crippen LogP contribution in [0.3, 0.4) is 0 Å². The summed E-state index contributed by atoms with van der Waals surface area (Å²) in [5.41, 5.74) is -2.46. The molecule has 2 rings (SSSR count). The Hall–Kier alpha value is -1.75. The van der Waals surface area contributed by atoms with Crippen LogP contribution in [0.1, 0.15) is 53.4 Å². The summed E-state index contributed by atoms with van der Waals surface area (Å²) in [7, 11) is 1.76. The molecule has 0 aromatic heterocycles. The molecule has 0 bridgehead atoms. The lowest BCUT2D eigenvalue weighted by Crippen LogP contribution is -2.41. The summed E-state index contributed by atoms with van der Waals surface area (Å²) < 4.78 is 27.8. The molecule has 2 fully saturated rings. The quantitative estimate of drug-likeness (QED) is 0.184. The Morgan fingerprint density at radius 2 is 1.34 bits per heavy atom. The molecule has 2 aliphatic carbocycles. The van der Waals surface area contributed by atoms with Crippen molar-refractivity contribution in [3.63, 3.8) is 0 Å². The van der Waals surface area contributed by atoms with Crippen LogP contribution in [-0.2, 0) is 38.1 Å². The fourth-order valence-electron chi connectivity index (χ4n) is 3.02. The van der Waals surface area contributed by atoms with Crippen LogP contribution in [0.25, 0.3) is 0 Å². The van der Waals surface area contributed by atoms with Gasteiger partial charge in [-0.1, -0.05) is 0 Å². The summed E-state index contributed by atoms with van der Waals surface area (Å²) in [6.07, 6.45) is 3.34. The first kappa shape index (κ1) is 26.5. The van der Waals surface area contributed by atoms with Gasteiger partial charge in [0.15, 0.2) is 0 Å². The van der Waals surface area contributed by atoms with Crippen LogP contribution < -0.4 is 10.6 Å². The zero-order valence-electron chi connectivity index (χ0n) is 19.9. The minimum absolute atomic E-state index is 0.110. The lowest BCUT2D eigenvalue weighted by Gasteiger charge is -2.32. The standard InChI is InChI=1S/C22H38N2O8/c1-19(2,14-28-10-11-29-18(27)22(8-9-22)24-16-25)32-15-20(3,4)31-13-12-30-17(26)21(23-5)6-7-21/h16,23H,6-15H2,1-5H3,(H,24,25). The molecule has 0 atom stereocenters.